The van der Waals surface area contributed by atoms with E-state index in [0.717, 1.165) is 5.56 Å². The molecule has 2 N–H and O–H groups in total. The third kappa shape index (κ3) is 10.3. The molecule has 5 nitrogen and oxygen atoms in total. The van der Waals surface area contributed by atoms with Crippen LogP contribution >= 0.6 is 24.0 Å². The second kappa shape index (κ2) is 11.2. The largest absolute Gasteiger partial charge is 0.357 e. The molecule has 0 bridgehead atoms. The topological polar surface area (TPSA) is 70.6 Å². The lowest BCUT2D eigenvalue weighted by Crippen LogP contribution is -2.39. The molecule has 0 heterocycles. The van der Waals surface area contributed by atoms with Crippen molar-refractivity contribution in [3.8, 4) is 0 Å². The van der Waals surface area contributed by atoms with Gasteiger partial charge in [-0.3, -0.25) is 4.99 Å². The minimum absolute atomic E-state index is 0. The fourth-order valence-electron chi connectivity index (χ4n) is 2.32. The van der Waals surface area contributed by atoms with Gasteiger partial charge in [0.15, 0.2) is 5.96 Å². The Kier molecular flexibility index (Phi) is 10.8. The van der Waals surface area contributed by atoms with E-state index in [4.69, 9.17) is 0 Å². The van der Waals surface area contributed by atoms with Gasteiger partial charge in [0.1, 0.15) is 15.7 Å². The average Bonchev–Trinajstić information content (AvgIpc) is 2.53. The second-order valence-electron chi connectivity index (χ2n) is 7.61. The predicted molar refractivity (Wildman–Crippen MR) is 122 cm³/mol. The zero-order valence-electron chi connectivity index (χ0n) is 17.1. The molecule has 0 saturated heterocycles. The Balaban J connectivity index is 0.00000676. The number of aliphatic imine (C=N–C) groups is 1. The number of nitrogens with zero attached hydrogens (tertiary/aromatic N) is 1. The van der Waals surface area contributed by atoms with Crippen molar-refractivity contribution >= 4 is 39.8 Å². The van der Waals surface area contributed by atoms with Crippen LogP contribution in [0.15, 0.2) is 23.2 Å². The molecule has 0 fully saturated rings. The molecule has 1 aromatic rings. The maximum atomic E-state index is 13.8. The molecular formula is C19H33FIN3O2S. The number of hydrogen-bond donors (Lipinski definition) is 2. The van der Waals surface area contributed by atoms with Crippen molar-refractivity contribution < 1.29 is 12.8 Å². The Morgan fingerprint density at radius 1 is 1.33 bits per heavy atom. The molecule has 0 aromatic heterocycles. The molecule has 0 spiro atoms. The minimum Gasteiger partial charge on any atom is -0.357 e. The highest BCUT2D eigenvalue weighted by Crippen LogP contribution is 2.22. The van der Waals surface area contributed by atoms with Crippen molar-refractivity contribution in [3.63, 3.8) is 0 Å². The molecule has 1 aromatic carbocycles. The van der Waals surface area contributed by atoms with Gasteiger partial charge in [-0.05, 0) is 49.8 Å². The highest BCUT2D eigenvalue weighted by atomic mass is 127. The van der Waals surface area contributed by atoms with Gasteiger partial charge in [-0.1, -0.05) is 26.0 Å². The summed E-state index contributed by atoms with van der Waals surface area (Å²) < 4.78 is 36.6. The van der Waals surface area contributed by atoms with E-state index in [-0.39, 0.29) is 47.0 Å². The molecule has 27 heavy (non-hydrogen) atoms. The van der Waals surface area contributed by atoms with Gasteiger partial charge in [0.2, 0.25) is 0 Å². The van der Waals surface area contributed by atoms with Gasteiger partial charge in [0.25, 0.3) is 0 Å². The Bertz CT molecular complexity index is 736. The molecule has 156 valence electrons. The first-order valence-corrected chi connectivity index (χ1v) is 11.0. The van der Waals surface area contributed by atoms with E-state index in [1.54, 1.807) is 13.0 Å². The van der Waals surface area contributed by atoms with Crippen molar-refractivity contribution in [1.29, 1.82) is 0 Å². The van der Waals surface area contributed by atoms with Crippen LogP contribution in [-0.4, -0.2) is 39.5 Å². The summed E-state index contributed by atoms with van der Waals surface area (Å²) in [4.78, 5) is 4.60. The highest BCUT2D eigenvalue weighted by Gasteiger charge is 2.20. The van der Waals surface area contributed by atoms with E-state index in [2.05, 4.69) is 15.6 Å². The van der Waals surface area contributed by atoms with Gasteiger partial charge in [-0.15, -0.1) is 24.0 Å². The first-order chi connectivity index (χ1) is 11.9. The van der Waals surface area contributed by atoms with Crippen LogP contribution in [0.3, 0.4) is 0 Å². The number of benzene rings is 1. The van der Waals surface area contributed by atoms with Crippen molar-refractivity contribution in [3.05, 3.63) is 35.1 Å². The quantitative estimate of drug-likeness (QED) is 0.315. The van der Waals surface area contributed by atoms with E-state index in [0.29, 0.717) is 31.0 Å². The third-order valence-electron chi connectivity index (χ3n) is 4.21. The van der Waals surface area contributed by atoms with Gasteiger partial charge < -0.3 is 10.6 Å². The third-order valence-corrected chi connectivity index (χ3v) is 5.15. The number of hydrogen-bond acceptors (Lipinski definition) is 3. The monoisotopic (exact) mass is 513 g/mol. The van der Waals surface area contributed by atoms with Crippen LogP contribution in [0.4, 0.5) is 4.39 Å². The lowest BCUT2D eigenvalue weighted by molar-refractivity contribution is 0.365. The number of rotatable bonds is 8. The van der Waals surface area contributed by atoms with Crippen molar-refractivity contribution in [2.24, 2.45) is 10.4 Å². The molecule has 0 aliphatic heterocycles. The number of aryl methyl sites for hydroxylation is 1. The SMILES string of the molecule is CCNC(=NCC(C)(C)CCS(C)(=O)=O)NC(C)c1ccc(C)c(F)c1.I. The van der Waals surface area contributed by atoms with Crippen molar-refractivity contribution in [1.82, 2.24) is 10.6 Å². The number of halogens is 2. The van der Waals surface area contributed by atoms with Crippen molar-refractivity contribution in [2.75, 3.05) is 25.1 Å². The molecule has 8 heteroatoms. The Hall–Kier alpha value is -0.900. The summed E-state index contributed by atoms with van der Waals surface area (Å²) >= 11 is 0. The van der Waals surface area contributed by atoms with Gasteiger partial charge in [-0.25, -0.2) is 12.8 Å². The molecule has 0 amide bonds. The minimum atomic E-state index is -2.98. The maximum Gasteiger partial charge on any atom is 0.191 e. The Morgan fingerprint density at radius 2 is 1.96 bits per heavy atom. The molecule has 0 aliphatic rings. The van der Waals surface area contributed by atoms with Gasteiger partial charge >= 0.3 is 0 Å². The van der Waals surface area contributed by atoms with E-state index >= 15 is 0 Å². The van der Waals surface area contributed by atoms with Crippen LogP contribution in [0.5, 0.6) is 0 Å². The van der Waals surface area contributed by atoms with Gasteiger partial charge in [-0.2, -0.15) is 0 Å². The summed E-state index contributed by atoms with van der Waals surface area (Å²) in [7, 11) is -2.98. The number of guanidine groups is 1. The van der Waals surface area contributed by atoms with Gasteiger partial charge in [0.05, 0.1) is 11.8 Å². The van der Waals surface area contributed by atoms with E-state index < -0.39 is 9.84 Å². The normalized spacial score (nSPS) is 13.7. The van der Waals surface area contributed by atoms with Crippen LogP contribution in [0.25, 0.3) is 0 Å². The maximum absolute atomic E-state index is 13.8. The van der Waals surface area contributed by atoms with E-state index in [9.17, 15) is 12.8 Å². The standard InChI is InChI=1S/C19H32FN3O2S.HI/c1-7-21-18(22-13-19(4,5)10-11-26(6,24)25)23-15(3)16-9-8-14(2)17(20)12-16;/h8-9,12,15H,7,10-11,13H2,1-6H3,(H2,21,22,23);1H. The number of nitrogens with one attached hydrogen (secondary N) is 2. The summed E-state index contributed by atoms with van der Waals surface area (Å²) in [5.41, 5.74) is 1.23. The molecule has 1 atom stereocenters. The summed E-state index contributed by atoms with van der Waals surface area (Å²) in [6.07, 6.45) is 1.80. The van der Waals surface area contributed by atoms with Crippen LogP contribution in [0.2, 0.25) is 0 Å². The fraction of sp³-hybridized carbons (Fsp3) is 0.632. The average molecular weight is 513 g/mol. The Labute approximate surface area is 180 Å². The molecule has 1 rings (SSSR count). The lowest BCUT2D eigenvalue weighted by Gasteiger charge is -2.24. The lowest BCUT2D eigenvalue weighted by atomic mass is 9.90. The zero-order chi connectivity index (χ0) is 20.0. The fourth-order valence-corrected chi connectivity index (χ4v) is 3.24. The first-order valence-electron chi connectivity index (χ1n) is 8.92. The van der Waals surface area contributed by atoms with Crippen LogP contribution in [0, 0.1) is 18.2 Å². The summed E-state index contributed by atoms with van der Waals surface area (Å²) in [6.45, 7) is 10.9. The zero-order valence-corrected chi connectivity index (χ0v) is 20.2. The van der Waals surface area contributed by atoms with Crippen LogP contribution < -0.4 is 10.6 Å². The molecular weight excluding hydrogens is 480 g/mol. The first kappa shape index (κ1) is 26.1. The summed E-state index contributed by atoms with van der Waals surface area (Å²) in [6, 6.07) is 5.09. The molecule has 0 radical (unpaired) electrons. The Morgan fingerprint density at radius 3 is 2.48 bits per heavy atom. The second-order valence-corrected chi connectivity index (χ2v) is 9.87. The summed E-state index contributed by atoms with van der Waals surface area (Å²) in [5.74, 6) is 0.562. The molecule has 1 unspecified atom stereocenters. The highest BCUT2D eigenvalue weighted by molar-refractivity contribution is 14.0. The van der Waals surface area contributed by atoms with E-state index in [1.165, 1.54) is 12.3 Å². The molecule has 0 saturated carbocycles. The molecule has 0 aliphatic carbocycles. The predicted octanol–water partition coefficient (Wildman–Crippen LogP) is 3.83. The van der Waals surface area contributed by atoms with Crippen LogP contribution in [0.1, 0.15) is 51.3 Å². The number of sulfone groups is 1. The van der Waals surface area contributed by atoms with Gasteiger partial charge in [0, 0.05) is 19.3 Å². The summed E-state index contributed by atoms with van der Waals surface area (Å²) in [5, 5.41) is 6.46. The van der Waals surface area contributed by atoms with Crippen LogP contribution in [-0.2, 0) is 9.84 Å². The van der Waals surface area contributed by atoms with Crippen molar-refractivity contribution in [2.45, 2.75) is 47.1 Å². The smallest absolute Gasteiger partial charge is 0.191 e. The van der Waals surface area contributed by atoms with E-state index in [1.807, 2.05) is 33.8 Å².